The molecular formula is C14H32CoN2O12+4. The molecular weight excluding hydrogens is 447 g/mol. The van der Waals surface area contributed by atoms with Gasteiger partial charge in [0.15, 0.2) is 0 Å². The molecule has 0 saturated heterocycles. The van der Waals surface area contributed by atoms with Gasteiger partial charge in [0.05, 0.1) is 11.9 Å². The fourth-order valence-electron chi connectivity index (χ4n) is 1.18. The van der Waals surface area contributed by atoms with Crippen LogP contribution in [0.4, 0.5) is 0 Å². The summed E-state index contributed by atoms with van der Waals surface area (Å²) in [5.74, 6) is -2.37. The van der Waals surface area contributed by atoms with Gasteiger partial charge in [0.2, 0.25) is 0 Å². The third kappa shape index (κ3) is 21.6. The third-order valence-electron chi connectivity index (χ3n) is 2.29. The number of hydrogen-bond acceptors (Lipinski definition) is 6. The Morgan fingerprint density at radius 3 is 1.03 bits per heavy atom. The summed E-state index contributed by atoms with van der Waals surface area (Å²) in [6, 6.07) is 6.20. The topological polar surface area (TPSA) is 364 Å². The standard InChI is InChI=1S/2C7H7NO2.Co.8H2O/c2*1-5-2-3-6(4-8-5)7(9)10;;;;;;;;;/h2*2-4H,1H3,(H,9,10);;8*1H2/q;;+2;;;;;;;;/p+2. The average Bonchev–Trinajstić information content (AvgIpc) is 2.40. The number of aryl methyl sites for hydroxylation is 2. The van der Waals surface area contributed by atoms with Crippen LogP contribution in [0.25, 0.3) is 0 Å². The van der Waals surface area contributed by atoms with Gasteiger partial charge in [-0.1, -0.05) is 0 Å². The van der Waals surface area contributed by atoms with E-state index in [0.29, 0.717) is 0 Å². The molecule has 1 radical (unpaired) electrons. The molecule has 0 saturated carbocycles. The maximum atomic E-state index is 10.2. The van der Waals surface area contributed by atoms with Gasteiger partial charge in [-0.05, 0) is 38.1 Å². The monoisotopic (exact) mass is 479 g/mol. The number of aromatic nitrogens is 2. The molecule has 15 heteroatoms. The van der Waals surface area contributed by atoms with E-state index in [2.05, 4.69) is 9.97 Å². The van der Waals surface area contributed by atoms with Crippen LogP contribution in [-0.2, 0) is 38.7 Å². The van der Waals surface area contributed by atoms with Crippen molar-refractivity contribution in [2.24, 2.45) is 0 Å². The van der Waals surface area contributed by atoms with E-state index in [4.69, 9.17) is 0 Å². The molecule has 29 heavy (non-hydrogen) atoms. The van der Waals surface area contributed by atoms with Gasteiger partial charge < -0.3 is 63.6 Å². The van der Waals surface area contributed by atoms with Crippen molar-refractivity contribution < 1.29 is 80.4 Å². The van der Waals surface area contributed by atoms with Gasteiger partial charge in [-0.25, -0.2) is 0 Å². The zero-order valence-electron chi connectivity index (χ0n) is 15.6. The molecule has 0 aliphatic rings. The second kappa shape index (κ2) is 27.6. The molecule has 2 heterocycles. The van der Waals surface area contributed by atoms with Crippen LogP contribution < -0.4 is 10.2 Å². The molecule has 14 nitrogen and oxygen atoms in total. The Morgan fingerprint density at radius 2 is 0.897 bits per heavy atom. The van der Waals surface area contributed by atoms with Crippen molar-refractivity contribution in [1.82, 2.24) is 9.97 Å². The Kier molecular flexibility index (Phi) is 53.6. The SMILES string of the molecule is Cc1ccc(C(=O)[O-])cn1.Cc1ccc(C(=O)[O-])cn1.O.O.O.O.[Co+2].[OH3+].[OH3+].[OH3+].[OH3+]. The summed E-state index contributed by atoms with van der Waals surface area (Å²) in [7, 11) is 0. The molecule has 0 aromatic carbocycles. The van der Waals surface area contributed by atoms with Gasteiger partial charge in [-0.15, -0.1) is 0 Å². The first-order chi connectivity index (χ1) is 9.40. The van der Waals surface area contributed by atoms with E-state index in [1.54, 1.807) is 26.0 Å². The minimum Gasteiger partial charge on any atom is -0.545 e. The van der Waals surface area contributed by atoms with Gasteiger partial charge in [0.25, 0.3) is 0 Å². The van der Waals surface area contributed by atoms with Crippen molar-refractivity contribution in [3.05, 3.63) is 59.2 Å². The smallest absolute Gasteiger partial charge is 0.545 e. The quantitative estimate of drug-likeness (QED) is 0.376. The fraction of sp³-hybridized carbons (Fsp3) is 0.143. The summed E-state index contributed by atoms with van der Waals surface area (Å²) in [4.78, 5) is 27.9. The molecule has 2 rings (SSSR count). The average molecular weight is 479 g/mol. The maximum Gasteiger partial charge on any atom is 2.00 e. The second-order valence-electron chi connectivity index (χ2n) is 3.95. The molecule has 0 aliphatic carbocycles. The van der Waals surface area contributed by atoms with Gasteiger partial charge in [-0.2, -0.15) is 0 Å². The number of carbonyl (C=O) groups is 2. The van der Waals surface area contributed by atoms with Crippen LogP contribution in [-0.4, -0.2) is 43.8 Å². The second-order valence-corrected chi connectivity index (χ2v) is 3.95. The molecule has 0 bridgehead atoms. The first-order valence-corrected chi connectivity index (χ1v) is 5.68. The van der Waals surface area contributed by atoms with Crippen LogP contribution in [0.2, 0.25) is 0 Å². The largest absolute Gasteiger partial charge is 2.00 e. The number of hydrogen-bond donors (Lipinski definition) is 0. The summed E-state index contributed by atoms with van der Waals surface area (Å²) >= 11 is 0. The first-order valence-electron chi connectivity index (χ1n) is 5.68. The Morgan fingerprint density at radius 1 is 0.655 bits per heavy atom. The summed E-state index contributed by atoms with van der Waals surface area (Å²) in [6.07, 6.45) is 2.56. The van der Waals surface area contributed by atoms with E-state index in [0.717, 1.165) is 11.4 Å². The fourth-order valence-corrected chi connectivity index (χ4v) is 1.18. The summed E-state index contributed by atoms with van der Waals surface area (Å²) in [5, 5.41) is 20.3. The van der Waals surface area contributed by atoms with Crippen LogP contribution >= 0.6 is 0 Å². The van der Waals surface area contributed by atoms with E-state index in [1.807, 2.05) is 0 Å². The van der Waals surface area contributed by atoms with Crippen molar-refractivity contribution in [2.45, 2.75) is 13.8 Å². The van der Waals surface area contributed by atoms with Crippen molar-refractivity contribution in [3.63, 3.8) is 0 Å². The molecule has 0 unspecified atom stereocenters. The van der Waals surface area contributed by atoms with Crippen LogP contribution in [0.3, 0.4) is 0 Å². The molecule has 0 spiro atoms. The molecule has 0 fully saturated rings. The minimum absolute atomic E-state index is 0. The Bertz CT molecular complexity index is 555. The summed E-state index contributed by atoms with van der Waals surface area (Å²) in [6.45, 7) is 3.58. The number of aromatic carboxylic acids is 2. The normalized spacial score (nSPS) is 6.41. The molecule has 175 valence electrons. The summed E-state index contributed by atoms with van der Waals surface area (Å²) in [5.41, 5.74) is 1.83. The molecule has 2 aromatic heterocycles. The molecule has 0 aliphatic heterocycles. The first kappa shape index (κ1) is 56.3. The van der Waals surface area contributed by atoms with Crippen molar-refractivity contribution in [3.8, 4) is 0 Å². The van der Waals surface area contributed by atoms with Crippen LogP contribution in [0.5, 0.6) is 0 Å². The van der Waals surface area contributed by atoms with Gasteiger partial charge in [0.1, 0.15) is 0 Å². The van der Waals surface area contributed by atoms with Crippen LogP contribution in [0, 0.1) is 13.8 Å². The van der Waals surface area contributed by atoms with Crippen molar-refractivity contribution in [1.29, 1.82) is 0 Å². The third-order valence-corrected chi connectivity index (χ3v) is 2.29. The zero-order valence-corrected chi connectivity index (χ0v) is 16.7. The molecule has 0 atom stereocenters. The molecule has 2 aromatic rings. The van der Waals surface area contributed by atoms with Crippen molar-refractivity contribution >= 4 is 11.9 Å². The minimum atomic E-state index is -1.19. The maximum absolute atomic E-state index is 10.2. The van der Waals surface area contributed by atoms with Crippen LogP contribution in [0.1, 0.15) is 32.1 Å². The number of nitrogens with zero attached hydrogens (tertiary/aromatic N) is 2. The van der Waals surface area contributed by atoms with E-state index in [9.17, 15) is 19.8 Å². The number of pyridine rings is 2. The van der Waals surface area contributed by atoms with E-state index in [1.165, 1.54) is 24.5 Å². The Labute approximate surface area is 175 Å². The number of carboxylic acids is 2. The number of carbonyl (C=O) groups excluding carboxylic acids is 2. The van der Waals surface area contributed by atoms with E-state index >= 15 is 0 Å². The predicted octanol–water partition coefficient (Wildman–Crippen LogP) is -7.48. The van der Waals surface area contributed by atoms with Crippen molar-refractivity contribution in [2.75, 3.05) is 0 Å². The van der Waals surface area contributed by atoms with Gasteiger partial charge in [0, 0.05) is 34.9 Å². The Hall–Kier alpha value is -2.57. The van der Waals surface area contributed by atoms with E-state index < -0.39 is 11.9 Å². The van der Waals surface area contributed by atoms with Gasteiger partial charge in [-0.3, -0.25) is 9.97 Å². The van der Waals surface area contributed by atoms with E-state index in [-0.39, 0.29) is 71.7 Å². The Balaban J connectivity index is -0.0000000301. The predicted molar refractivity (Wildman–Crippen MR) is 101 cm³/mol. The number of carboxylic acid groups (broad SMARTS) is 2. The molecule has 0 amide bonds. The summed E-state index contributed by atoms with van der Waals surface area (Å²) < 4.78 is 0. The zero-order chi connectivity index (χ0) is 15.1. The van der Waals surface area contributed by atoms with Crippen LogP contribution in [0.15, 0.2) is 36.7 Å². The van der Waals surface area contributed by atoms with Gasteiger partial charge >= 0.3 is 16.8 Å². The molecule has 20 N–H and O–H groups in total. The number of rotatable bonds is 2.